The summed E-state index contributed by atoms with van der Waals surface area (Å²) in [5.74, 6) is 0. The van der Waals surface area contributed by atoms with Crippen molar-refractivity contribution in [3.63, 3.8) is 0 Å². The Morgan fingerprint density at radius 3 is 2.56 bits per heavy atom. The van der Waals surface area contributed by atoms with Gasteiger partial charge in [-0.25, -0.2) is 0 Å². The molecule has 2 fully saturated rings. The predicted octanol–water partition coefficient (Wildman–Crippen LogP) is 3.62. The van der Waals surface area contributed by atoms with Crippen molar-refractivity contribution in [2.24, 2.45) is 0 Å². The van der Waals surface area contributed by atoms with Gasteiger partial charge in [0.25, 0.3) is 0 Å². The lowest BCUT2D eigenvalue weighted by molar-refractivity contribution is 0.479. The number of nitrogens with one attached hydrogen (secondary N) is 1. The van der Waals surface area contributed by atoms with Crippen LogP contribution in [0.25, 0.3) is 0 Å². The van der Waals surface area contributed by atoms with Crippen molar-refractivity contribution in [2.75, 3.05) is 6.54 Å². The van der Waals surface area contributed by atoms with Crippen LogP contribution < -0.4 is 5.32 Å². The highest BCUT2D eigenvalue weighted by atomic mass is 79.9. The van der Waals surface area contributed by atoms with Crippen molar-refractivity contribution in [3.05, 3.63) is 34.3 Å². The summed E-state index contributed by atoms with van der Waals surface area (Å²) in [7, 11) is 0. The van der Waals surface area contributed by atoms with E-state index in [1.54, 1.807) is 5.56 Å². The van der Waals surface area contributed by atoms with E-state index in [-0.39, 0.29) is 0 Å². The first-order chi connectivity index (χ1) is 7.78. The van der Waals surface area contributed by atoms with Crippen LogP contribution in [0.3, 0.4) is 0 Å². The fourth-order valence-electron chi connectivity index (χ4n) is 2.97. The van der Waals surface area contributed by atoms with Gasteiger partial charge in [0.15, 0.2) is 0 Å². The lowest BCUT2D eigenvalue weighted by Gasteiger charge is -2.20. The Morgan fingerprint density at radius 1 is 1.25 bits per heavy atom. The van der Waals surface area contributed by atoms with Crippen molar-refractivity contribution in [1.82, 2.24) is 5.32 Å². The van der Waals surface area contributed by atoms with Crippen LogP contribution in [0.4, 0.5) is 0 Å². The monoisotopic (exact) mass is 279 g/mol. The fourth-order valence-corrected chi connectivity index (χ4v) is 3.23. The smallest absolute Gasteiger partial charge is 0.0175 e. The van der Waals surface area contributed by atoms with Crippen LogP contribution in [0.2, 0.25) is 0 Å². The Kier molecular flexibility index (Phi) is 2.80. The maximum atomic E-state index is 3.62. The highest BCUT2D eigenvalue weighted by molar-refractivity contribution is 9.10. The highest BCUT2D eigenvalue weighted by Crippen LogP contribution is 2.52. The van der Waals surface area contributed by atoms with E-state index >= 15 is 0 Å². The summed E-state index contributed by atoms with van der Waals surface area (Å²) in [6.07, 6.45) is 6.84. The molecule has 1 aliphatic heterocycles. The molecule has 3 rings (SSSR count). The second-order valence-electron chi connectivity index (χ2n) is 5.28. The number of rotatable bonds is 3. The van der Waals surface area contributed by atoms with Crippen molar-refractivity contribution in [2.45, 2.75) is 43.6 Å². The molecule has 1 heterocycles. The first kappa shape index (κ1) is 10.8. The van der Waals surface area contributed by atoms with Gasteiger partial charge in [-0.05, 0) is 61.8 Å². The van der Waals surface area contributed by atoms with E-state index in [1.165, 1.54) is 43.1 Å². The first-order valence-corrected chi connectivity index (χ1v) is 7.07. The minimum absolute atomic E-state index is 0.517. The molecule has 0 bridgehead atoms. The Morgan fingerprint density at radius 2 is 2.00 bits per heavy atom. The summed E-state index contributed by atoms with van der Waals surface area (Å²) in [6.45, 7) is 1.22. The molecular formula is C14H18BrN. The zero-order valence-corrected chi connectivity index (χ0v) is 11.1. The molecule has 0 aromatic heterocycles. The van der Waals surface area contributed by atoms with Crippen LogP contribution in [0.15, 0.2) is 28.7 Å². The van der Waals surface area contributed by atoms with Crippen molar-refractivity contribution >= 4 is 15.9 Å². The van der Waals surface area contributed by atoms with E-state index in [0.717, 1.165) is 6.04 Å². The topological polar surface area (TPSA) is 12.0 Å². The summed E-state index contributed by atoms with van der Waals surface area (Å²) in [5, 5.41) is 3.62. The standard InChI is InChI=1S/C14H18BrN/c15-12-5-3-11(4-6-12)14(7-8-14)10-13-2-1-9-16-13/h3-6,13,16H,1-2,7-10H2. The van der Waals surface area contributed by atoms with E-state index in [9.17, 15) is 0 Å². The third kappa shape index (κ3) is 2.05. The molecule has 2 aliphatic rings. The largest absolute Gasteiger partial charge is 0.314 e. The average molecular weight is 280 g/mol. The van der Waals surface area contributed by atoms with Crippen LogP contribution in [0, 0.1) is 0 Å². The molecule has 2 heteroatoms. The summed E-state index contributed by atoms with van der Waals surface area (Å²) in [5.41, 5.74) is 2.06. The molecule has 16 heavy (non-hydrogen) atoms. The van der Waals surface area contributed by atoms with Crippen molar-refractivity contribution in [1.29, 1.82) is 0 Å². The van der Waals surface area contributed by atoms with E-state index in [0.29, 0.717) is 5.41 Å². The number of benzene rings is 1. The summed E-state index contributed by atoms with van der Waals surface area (Å²) >= 11 is 3.51. The third-order valence-electron chi connectivity index (χ3n) is 4.11. The van der Waals surface area contributed by atoms with Gasteiger partial charge in [0.2, 0.25) is 0 Å². The number of halogens is 1. The van der Waals surface area contributed by atoms with Gasteiger partial charge in [0.1, 0.15) is 0 Å². The van der Waals surface area contributed by atoms with Crippen LogP contribution >= 0.6 is 15.9 Å². The van der Waals surface area contributed by atoms with Gasteiger partial charge >= 0.3 is 0 Å². The molecule has 0 spiro atoms. The minimum Gasteiger partial charge on any atom is -0.314 e. The fraction of sp³-hybridized carbons (Fsp3) is 0.571. The number of hydrogen-bond donors (Lipinski definition) is 1. The lowest BCUT2D eigenvalue weighted by Crippen LogP contribution is -2.26. The zero-order valence-electron chi connectivity index (χ0n) is 9.51. The second kappa shape index (κ2) is 4.15. The molecule has 0 radical (unpaired) electrons. The maximum absolute atomic E-state index is 3.62. The highest BCUT2D eigenvalue weighted by Gasteiger charge is 2.45. The van der Waals surface area contributed by atoms with Gasteiger partial charge in [-0.1, -0.05) is 28.1 Å². The quantitative estimate of drug-likeness (QED) is 0.891. The summed E-state index contributed by atoms with van der Waals surface area (Å²) < 4.78 is 1.19. The van der Waals surface area contributed by atoms with Crippen LogP contribution in [-0.4, -0.2) is 12.6 Å². The minimum atomic E-state index is 0.517. The number of hydrogen-bond acceptors (Lipinski definition) is 1. The molecule has 1 aromatic rings. The van der Waals surface area contributed by atoms with E-state index < -0.39 is 0 Å². The molecule has 1 saturated carbocycles. The molecular weight excluding hydrogens is 262 g/mol. The molecule has 1 aliphatic carbocycles. The molecule has 1 saturated heterocycles. The van der Waals surface area contributed by atoms with Crippen molar-refractivity contribution < 1.29 is 0 Å². The molecule has 1 unspecified atom stereocenters. The van der Waals surface area contributed by atoms with Gasteiger partial charge < -0.3 is 5.32 Å². The molecule has 1 atom stereocenters. The van der Waals surface area contributed by atoms with Crippen LogP contribution in [0.5, 0.6) is 0 Å². The van der Waals surface area contributed by atoms with E-state index in [2.05, 4.69) is 45.5 Å². The predicted molar refractivity (Wildman–Crippen MR) is 70.7 cm³/mol. The van der Waals surface area contributed by atoms with E-state index in [4.69, 9.17) is 0 Å². The Hall–Kier alpha value is -0.340. The molecule has 0 amide bonds. The molecule has 1 nitrogen and oxygen atoms in total. The maximum Gasteiger partial charge on any atom is 0.0175 e. The Labute approximate surface area is 106 Å². The zero-order chi connectivity index (χ0) is 11.0. The Bertz CT molecular complexity index is 361. The van der Waals surface area contributed by atoms with Crippen molar-refractivity contribution in [3.8, 4) is 0 Å². The summed E-state index contributed by atoms with van der Waals surface area (Å²) in [6, 6.07) is 9.72. The van der Waals surface area contributed by atoms with Gasteiger partial charge in [0.05, 0.1) is 0 Å². The first-order valence-electron chi connectivity index (χ1n) is 6.28. The Balaban J connectivity index is 1.74. The molecule has 1 aromatic carbocycles. The van der Waals surface area contributed by atoms with Gasteiger partial charge in [-0.15, -0.1) is 0 Å². The van der Waals surface area contributed by atoms with Gasteiger partial charge in [0, 0.05) is 10.5 Å². The lowest BCUT2D eigenvalue weighted by atomic mass is 9.88. The molecule has 1 N–H and O–H groups in total. The second-order valence-corrected chi connectivity index (χ2v) is 6.20. The molecule has 86 valence electrons. The van der Waals surface area contributed by atoms with Crippen LogP contribution in [-0.2, 0) is 5.41 Å². The summed E-state index contributed by atoms with van der Waals surface area (Å²) in [4.78, 5) is 0. The average Bonchev–Trinajstić information content (AvgIpc) is 2.88. The third-order valence-corrected chi connectivity index (χ3v) is 4.64. The normalized spacial score (nSPS) is 26.9. The van der Waals surface area contributed by atoms with Gasteiger partial charge in [-0.2, -0.15) is 0 Å². The van der Waals surface area contributed by atoms with Crippen LogP contribution in [0.1, 0.15) is 37.7 Å². The van der Waals surface area contributed by atoms with Gasteiger partial charge in [-0.3, -0.25) is 0 Å². The SMILES string of the molecule is Brc1ccc(C2(CC3CCCN3)CC2)cc1. The van der Waals surface area contributed by atoms with E-state index in [1.807, 2.05) is 0 Å².